The van der Waals surface area contributed by atoms with Crippen molar-refractivity contribution in [3.8, 4) is 0 Å². The van der Waals surface area contributed by atoms with Crippen molar-refractivity contribution in [1.82, 2.24) is 4.90 Å². The maximum Gasteiger partial charge on any atom is 0.333 e. The van der Waals surface area contributed by atoms with Crippen LogP contribution in [0.1, 0.15) is 26.7 Å². The van der Waals surface area contributed by atoms with Crippen molar-refractivity contribution in [3.05, 3.63) is 12.2 Å². The zero-order chi connectivity index (χ0) is 11.0. The van der Waals surface area contributed by atoms with Gasteiger partial charge in [0.05, 0.1) is 6.61 Å². The van der Waals surface area contributed by atoms with Gasteiger partial charge in [0, 0.05) is 12.1 Å². The van der Waals surface area contributed by atoms with Gasteiger partial charge >= 0.3 is 5.97 Å². The number of rotatable bonds is 7. The first-order chi connectivity index (χ1) is 6.57. The Kier molecular flexibility index (Phi) is 7.11. The Bertz CT molecular complexity index is 190. The van der Waals surface area contributed by atoms with Crippen LogP contribution in [0, 0.1) is 0 Å². The Morgan fingerprint density at radius 3 is 2.57 bits per heavy atom. The molecule has 14 heavy (non-hydrogen) atoms. The van der Waals surface area contributed by atoms with Crippen molar-refractivity contribution in [3.63, 3.8) is 0 Å². The molecule has 0 bridgehead atoms. The van der Waals surface area contributed by atoms with Crippen LogP contribution in [-0.2, 0) is 9.53 Å². The van der Waals surface area contributed by atoms with Gasteiger partial charge in [0.2, 0.25) is 0 Å². The van der Waals surface area contributed by atoms with Gasteiger partial charge < -0.3 is 9.64 Å². The molecule has 0 radical (unpaired) electrons. The van der Waals surface area contributed by atoms with Crippen LogP contribution in [0.4, 0.5) is 0 Å². The van der Waals surface area contributed by atoms with Crippen LogP contribution >= 0.6 is 0 Å². The van der Waals surface area contributed by atoms with E-state index in [9.17, 15) is 4.79 Å². The summed E-state index contributed by atoms with van der Waals surface area (Å²) in [5, 5.41) is 0. The summed E-state index contributed by atoms with van der Waals surface area (Å²) >= 11 is 0. The second kappa shape index (κ2) is 7.56. The fourth-order valence-corrected chi connectivity index (χ4v) is 1.12. The molecular weight excluding hydrogens is 178 g/mol. The highest BCUT2D eigenvalue weighted by atomic mass is 16.5. The molecule has 0 saturated heterocycles. The van der Waals surface area contributed by atoms with Crippen molar-refractivity contribution in [1.29, 1.82) is 0 Å². The Hall–Kier alpha value is -0.830. The second-order valence-corrected chi connectivity index (χ2v) is 3.57. The zero-order valence-electron chi connectivity index (χ0n) is 9.51. The van der Waals surface area contributed by atoms with E-state index in [0.29, 0.717) is 12.2 Å². The standard InChI is InChI=1S/C11H21NO2/c1-5-7-12(4)8-6-9-14-11(13)10(2)3/h2,5-9H2,1,3-4H3. The molecule has 0 aromatic heterocycles. The van der Waals surface area contributed by atoms with E-state index in [1.54, 1.807) is 6.92 Å². The molecule has 0 fully saturated rings. The molecule has 82 valence electrons. The molecule has 0 aromatic rings. The van der Waals surface area contributed by atoms with Crippen LogP contribution in [0.15, 0.2) is 12.2 Å². The molecule has 0 aliphatic rings. The maximum absolute atomic E-state index is 11.0. The van der Waals surface area contributed by atoms with Gasteiger partial charge in [0.15, 0.2) is 0 Å². The number of carbonyl (C=O) groups is 1. The monoisotopic (exact) mass is 199 g/mol. The van der Waals surface area contributed by atoms with Crippen molar-refractivity contribution in [2.24, 2.45) is 0 Å². The molecule has 0 amide bonds. The van der Waals surface area contributed by atoms with Crippen LogP contribution < -0.4 is 0 Å². The average Bonchev–Trinajstić information content (AvgIpc) is 2.12. The lowest BCUT2D eigenvalue weighted by Gasteiger charge is -2.14. The lowest BCUT2D eigenvalue weighted by Crippen LogP contribution is -2.22. The average molecular weight is 199 g/mol. The highest BCUT2D eigenvalue weighted by Gasteiger charge is 2.02. The topological polar surface area (TPSA) is 29.5 Å². The van der Waals surface area contributed by atoms with E-state index in [1.165, 1.54) is 0 Å². The van der Waals surface area contributed by atoms with Gasteiger partial charge in [-0.05, 0) is 33.4 Å². The smallest absolute Gasteiger partial charge is 0.333 e. The summed E-state index contributed by atoms with van der Waals surface area (Å²) in [6, 6.07) is 0. The minimum atomic E-state index is -0.289. The highest BCUT2D eigenvalue weighted by Crippen LogP contribution is 1.95. The third-order valence-corrected chi connectivity index (χ3v) is 1.87. The molecule has 0 aromatic carbocycles. The van der Waals surface area contributed by atoms with Gasteiger partial charge in [-0.3, -0.25) is 0 Å². The quantitative estimate of drug-likeness (QED) is 0.356. The minimum absolute atomic E-state index is 0.289. The summed E-state index contributed by atoms with van der Waals surface area (Å²) in [4.78, 5) is 13.2. The Labute approximate surface area is 86.7 Å². The van der Waals surface area contributed by atoms with E-state index in [1.807, 2.05) is 0 Å². The van der Waals surface area contributed by atoms with Crippen LogP contribution in [0.5, 0.6) is 0 Å². The van der Waals surface area contributed by atoms with E-state index >= 15 is 0 Å². The van der Waals surface area contributed by atoms with Crippen LogP contribution in [0.2, 0.25) is 0 Å². The highest BCUT2D eigenvalue weighted by molar-refractivity contribution is 5.86. The number of esters is 1. The van der Waals surface area contributed by atoms with Crippen molar-refractivity contribution < 1.29 is 9.53 Å². The molecule has 0 unspecified atom stereocenters. The number of hydrogen-bond donors (Lipinski definition) is 0. The summed E-state index contributed by atoms with van der Waals surface area (Å²) in [6.45, 7) is 9.87. The molecule has 0 atom stereocenters. The zero-order valence-corrected chi connectivity index (χ0v) is 9.51. The summed E-state index contributed by atoms with van der Waals surface area (Å²) in [7, 11) is 2.07. The summed E-state index contributed by atoms with van der Waals surface area (Å²) in [6.07, 6.45) is 2.04. The van der Waals surface area contributed by atoms with E-state index in [-0.39, 0.29) is 5.97 Å². The third-order valence-electron chi connectivity index (χ3n) is 1.87. The van der Waals surface area contributed by atoms with Gasteiger partial charge in [-0.15, -0.1) is 0 Å². The number of hydrogen-bond acceptors (Lipinski definition) is 3. The fourth-order valence-electron chi connectivity index (χ4n) is 1.12. The van der Waals surface area contributed by atoms with Gasteiger partial charge in [0.25, 0.3) is 0 Å². The molecule has 0 rings (SSSR count). The minimum Gasteiger partial charge on any atom is -0.462 e. The third kappa shape index (κ3) is 6.66. The lowest BCUT2D eigenvalue weighted by atomic mass is 10.3. The number of nitrogens with zero attached hydrogens (tertiary/aromatic N) is 1. The molecule has 3 heteroatoms. The van der Waals surface area contributed by atoms with Crippen LogP contribution in [-0.4, -0.2) is 37.6 Å². The molecule has 0 saturated carbocycles. The molecular formula is C11H21NO2. The number of carbonyl (C=O) groups excluding carboxylic acids is 1. The molecule has 0 N–H and O–H groups in total. The van der Waals surface area contributed by atoms with Crippen LogP contribution in [0.3, 0.4) is 0 Å². The van der Waals surface area contributed by atoms with Gasteiger partial charge in [-0.1, -0.05) is 13.5 Å². The van der Waals surface area contributed by atoms with E-state index in [2.05, 4.69) is 25.5 Å². The molecule has 0 heterocycles. The van der Waals surface area contributed by atoms with E-state index in [4.69, 9.17) is 4.74 Å². The van der Waals surface area contributed by atoms with Crippen molar-refractivity contribution in [2.45, 2.75) is 26.7 Å². The largest absolute Gasteiger partial charge is 0.462 e. The first-order valence-corrected chi connectivity index (χ1v) is 5.09. The SMILES string of the molecule is C=C(C)C(=O)OCCCN(C)CCC. The summed E-state index contributed by atoms with van der Waals surface area (Å²) in [5.74, 6) is -0.289. The molecule has 0 spiro atoms. The van der Waals surface area contributed by atoms with Crippen molar-refractivity contribution in [2.75, 3.05) is 26.7 Å². The van der Waals surface area contributed by atoms with Gasteiger partial charge in [-0.25, -0.2) is 4.79 Å². The molecule has 0 aliphatic carbocycles. The first kappa shape index (κ1) is 13.2. The van der Waals surface area contributed by atoms with Gasteiger partial charge in [0.1, 0.15) is 0 Å². The normalized spacial score (nSPS) is 10.3. The first-order valence-electron chi connectivity index (χ1n) is 5.09. The summed E-state index contributed by atoms with van der Waals surface area (Å²) < 4.78 is 4.97. The Balaban J connectivity index is 3.37. The second-order valence-electron chi connectivity index (χ2n) is 3.57. The molecule has 0 aliphatic heterocycles. The van der Waals surface area contributed by atoms with Crippen LogP contribution in [0.25, 0.3) is 0 Å². The van der Waals surface area contributed by atoms with Gasteiger partial charge in [-0.2, -0.15) is 0 Å². The maximum atomic E-state index is 11.0. The molecule has 3 nitrogen and oxygen atoms in total. The van der Waals surface area contributed by atoms with Crippen molar-refractivity contribution >= 4 is 5.97 Å². The predicted octanol–water partition coefficient (Wildman–Crippen LogP) is 1.84. The van der Waals surface area contributed by atoms with E-state index < -0.39 is 0 Å². The fraction of sp³-hybridized carbons (Fsp3) is 0.727. The van der Waals surface area contributed by atoms with E-state index in [0.717, 1.165) is 25.9 Å². The number of ether oxygens (including phenoxy) is 1. The summed E-state index contributed by atoms with van der Waals surface area (Å²) in [5.41, 5.74) is 0.465. The Morgan fingerprint density at radius 2 is 2.07 bits per heavy atom. The predicted molar refractivity (Wildman–Crippen MR) is 58.2 cm³/mol. The lowest BCUT2D eigenvalue weighted by molar-refractivity contribution is -0.139. The Morgan fingerprint density at radius 1 is 1.43 bits per heavy atom.